The molecule has 1 aromatic rings. The number of nitrogen functional groups attached to an aromatic ring is 1. The summed E-state index contributed by atoms with van der Waals surface area (Å²) in [6.07, 6.45) is 2.15. The molecule has 6 heteroatoms. The van der Waals surface area contributed by atoms with Crippen LogP contribution in [0.1, 0.15) is 12.8 Å². The van der Waals surface area contributed by atoms with E-state index < -0.39 is 5.82 Å². The summed E-state index contributed by atoms with van der Waals surface area (Å²) in [7, 11) is 4.08. The lowest BCUT2D eigenvalue weighted by Gasteiger charge is -2.34. The zero-order valence-electron chi connectivity index (χ0n) is 12.6. The molecular weight excluding hydrogens is 271 g/mol. The molecule has 0 aliphatic carbocycles. The second-order valence-electron chi connectivity index (χ2n) is 5.73. The van der Waals surface area contributed by atoms with Gasteiger partial charge in [0.15, 0.2) is 0 Å². The van der Waals surface area contributed by atoms with Crippen molar-refractivity contribution in [3.63, 3.8) is 0 Å². The number of anilines is 2. The van der Waals surface area contributed by atoms with Gasteiger partial charge in [0.1, 0.15) is 5.82 Å². The van der Waals surface area contributed by atoms with Crippen LogP contribution >= 0.6 is 0 Å². The lowest BCUT2D eigenvalue weighted by atomic mass is 10.0. The van der Waals surface area contributed by atoms with Crippen LogP contribution < -0.4 is 11.1 Å². The van der Waals surface area contributed by atoms with Gasteiger partial charge in [0, 0.05) is 11.7 Å². The van der Waals surface area contributed by atoms with Crippen molar-refractivity contribution in [1.82, 2.24) is 9.80 Å². The molecular formula is C15H23FN4O. The third kappa shape index (κ3) is 4.41. The van der Waals surface area contributed by atoms with Crippen molar-refractivity contribution in [2.45, 2.75) is 18.9 Å². The van der Waals surface area contributed by atoms with Gasteiger partial charge >= 0.3 is 0 Å². The molecule has 1 heterocycles. The predicted octanol–water partition coefficient (Wildman–Crippen LogP) is 1.37. The number of likely N-dealkylation sites (tertiary alicyclic amines) is 1. The van der Waals surface area contributed by atoms with Gasteiger partial charge in [0.2, 0.25) is 5.91 Å². The van der Waals surface area contributed by atoms with Crippen molar-refractivity contribution in [1.29, 1.82) is 0 Å². The van der Waals surface area contributed by atoms with Crippen LogP contribution in [0.2, 0.25) is 0 Å². The number of nitrogens with zero attached hydrogens (tertiary/aromatic N) is 2. The Morgan fingerprint density at radius 2 is 2.14 bits per heavy atom. The van der Waals surface area contributed by atoms with E-state index in [9.17, 15) is 9.18 Å². The normalized spacial score (nSPS) is 17.1. The van der Waals surface area contributed by atoms with E-state index in [4.69, 9.17) is 5.73 Å². The minimum Gasteiger partial charge on any atom is -0.396 e. The lowest BCUT2D eigenvalue weighted by Crippen LogP contribution is -2.44. The first-order chi connectivity index (χ1) is 9.95. The van der Waals surface area contributed by atoms with Crippen LogP contribution in [0.15, 0.2) is 18.2 Å². The number of nitrogens with two attached hydrogens (primary N) is 1. The number of nitrogens with one attached hydrogen (secondary N) is 1. The van der Waals surface area contributed by atoms with E-state index in [1.807, 2.05) is 7.05 Å². The van der Waals surface area contributed by atoms with Gasteiger partial charge in [-0.2, -0.15) is 0 Å². The Bertz CT molecular complexity index is 500. The summed E-state index contributed by atoms with van der Waals surface area (Å²) in [5.41, 5.74) is 6.05. The van der Waals surface area contributed by atoms with Gasteiger partial charge in [-0.05, 0) is 58.2 Å². The Morgan fingerprint density at radius 3 is 2.76 bits per heavy atom. The number of carbonyl (C=O) groups is 1. The first-order valence-electron chi connectivity index (χ1n) is 7.19. The fourth-order valence-corrected chi connectivity index (χ4v) is 2.61. The van der Waals surface area contributed by atoms with Crippen LogP contribution in [-0.2, 0) is 4.79 Å². The smallest absolute Gasteiger partial charge is 0.238 e. The lowest BCUT2D eigenvalue weighted by molar-refractivity contribution is -0.117. The average Bonchev–Trinajstić information content (AvgIpc) is 2.43. The monoisotopic (exact) mass is 294 g/mol. The van der Waals surface area contributed by atoms with Crippen molar-refractivity contribution < 1.29 is 9.18 Å². The fraction of sp³-hybridized carbons (Fsp3) is 0.533. The molecule has 0 radical (unpaired) electrons. The number of halogens is 1. The van der Waals surface area contributed by atoms with Crippen molar-refractivity contribution >= 4 is 17.3 Å². The van der Waals surface area contributed by atoms with Gasteiger partial charge in [-0.15, -0.1) is 0 Å². The number of amides is 1. The second-order valence-corrected chi connectivity index (χ2v) is 5.73. The second kappa shape index (κ2) is 6.87. The Balaban J connectivity index is 1.84. The molecule has 116 valence electrons. The molecule has 1 amide bonds. The highest BCUT2D eigenvalue weighted by molar-refractivity contribution is 5.92. The average molecular weight is 294 g/mol. The summed E-state index contributed by atoms with van der Waals surface area (Å²) < 4.78 is 13.1. The number of hydrogen-bond acceptors (Lipinski definition) is 4. The Labute approximate surface area is 124 Å². The molecule has 0 bridgehead atoms. The fourth-order valence-electron chi connectivity index (χ4n) is 2.61. The summed E-state index contributed by atoms with van der Waals surface area (Å²) in [5.74, 6) is -0.584. The van der Waals surface area contributed by atoms with E-state index in [-0.39, 0.29) is 11.6 Å². The van der Waals surface area contributed by atoms with E-state index in [1.54, 1.807) is 0 Å². The van der Waals surface area contributed by atoms with E-state index in [0.717, 1.165) is 25.9 Å². The molecule has 0 unspecified atom stereocenters. The third-order valence-corrected chi connectivity index (χ3v) is 3.98. The quantitative estimate of drug-likeness (QED) is 0.824. The molecule has 5 nitrogen and oxygen atoms in total. The van der Waals surface area contributed by atoms with Crippen LogP contribution in [-0.4, -0.2) is 55.5 Å². The minimum atomic E-state index is -0.476. The van der Waals surface area contributed by atoms with E-state index in [2.05, 4.69) is 22.2 Å². The van der Waals surface area contributed by atoms with Crippen LogP contribution in [0, 0.1) is 5.82 Å². The molecule has 0 aromatic heterocycles. The van der Waals surface area contributed by atoms with Gasteiger partial charge < -0.3 is 16.0 Å². The van der Waals surface area contributed by atoms with Gasteiger partial charge in [-0.1, -0.05) is 0 Å². The molecule has 0 atom stereocenters. The molecule has 1 fully saturated rings. The molecule has 21 heavy (non-hydrogen) atoms. The maximum absolute atomic E-state index is 13.1. The van der Waals surface area contributed by atoms with Gasteiger partial charge in [0.05, 0.1) is 12.2 Å². The molecule has 0 spiro atoms. The van der Waals surface area contributed by atoms with Crippen LogP contribution in [0.5, 0.6) is 0 Å². The topological polar surface area (TPSA) is 61.6 Å². The number of carbonyl (C=O) groups excluding carboxylic acids is 1. The number of rotatable bonds is 4. The zero-order valence-corrected chi connectivity index (χ0v) is 12.6. The zero-order chi connectivity index (χ0) is 15.4. The number of likely N-dealkylation sites (N-methyl/N-ethyl adjacent to an activating group) is 1. The highest BCUT2D eigenvalue weighted by Gasteiger charge is 2.21. The Hall–Kier alpha value is -1.66. The van der Waals surface area contributed by atoms with Crippen LogP contribution in [0.25, 0.3) is 0 Å². The highest BCUT2D eigenvalue weighted by atomic mass is 19.1. The highest BCUT2D eigenvalue weighted by Crippen LogP contribution is 2.17. The minimum absolute atomic E-state index is 0.0384. The maximum Gasteiger partial charge on any atom is 0.238 e. The summed E-state index contributed by atoms with van der Waals surface area (Å²) >= 11 is 0. The molecule has 1 saturated heterocycles. The number of hydrogen-bond donors (Lipinski definition) is 2. The van der Waals surface area contributed by atoms with Crippen LogP contribution in [0.3, 0.4) is 0 Å². The van der Waals surface area contributed by atoms with E-state index >= 15 is 0 Å². The predicted molar refractivity (Wildman–Crippen MR) is 82.6 cm³/mol. The molecule has 0 saturated carbocycles. The van der Waals surface area contributed by atoms with Crippen molar-refractivity contribution in [3.8, 4) is 0 Å². The van der Waals surface area contributed by atoms with Gasteiger partial charge in [-0.25, -0.2) is 4.39 Å². The summed E-state index contributed by atoms with van der Waals surface area (Å²) in [6, 6.07) is 4.64. The first-order valence-corrected chi connectivity index (χ1v) is 7.19. The van der Waals surface area contributed by atoms with Gasteiger partial charge in [0.25, 0.3) is 0 Å². The Kier molecular flexibility index (Phi) is 5.14. The number of piperidine rings is 1. The summed E-state index contributed by atoms with van der Waals surface area (Å²) in [4.78, 5) is 16.4. The summed E-state index contributed by atoms with van der Waals surface area (Å²) in [5, 5.41) is 2.75. The number of benzene rings is 1. The molecule has 1 aliphatic rings. The van der Waals surface area contributed by atoms with E-state index in [0.29, 0.717) is 18.3 Å². The Morgan fingerprint density at radius 1 is 1.48 bits per heavy atom. The largest absolute Gasteiger partial charge is 0.396 e. The molecule has 2 rings (SSSR count). The van der Waals surface area contributed by atoms with Crippen molar-refractivity contribution in [2.24, 2.45) is 0 Å². The molecule has 1 aliphatic heterocycles. The van der Waals surface area contributed by atoms with Gasteiger partial charge in [-0.3, -0.25) is 9.69 Å². The molecule has 3 N–H and O–H groups in total. The van der Waals surface area contributed by atoms with E-state index in [1.165, 1.54) is 18.2 Å². The summed E-state index contributed by atoms with van der Waals surface area (Å²) in [6.45, 7) is 2.45. The standard InChI is InChI=1S/C15H23FN4O/c1-19-7-5-12(6-8-19)20(2)10-15(21)18-11-3-4-13(16)14(17)9-11/h3-4,9,12H,5-8,10,17H2,1-2H3,(H,18,21). The third-order valence-electron chi connectivity index (χ3n) is 3.98. The molecule has 1 aromatic carbocycles. The SMILES string of the molecule is CN1CCC(N(C)CC(=O)Nc2ccc(F)c(N)c2)CC1. The van der Waals surface area contributed by atoms with Crippen molar-refractivity contribution in [2.75, 3.05) is 44.8 Å². The van der Waals surface area contributed by atoms with Crippen molar-refractivity contribution in [3.05, 3.63) is 24.0 Å². The maximum atomic E-state index is 13.1. The first kappa shape index (κ1) is 15.7. The van der Waals surface area contributed by atoms with Crippen LogP contribution in [0.4, 0.5) is 15.8 Å².